The Kier molecular flexibility index (Phi) is 5.22. The molecule has 0 spiro atoms. The number of carbonyl (C=O) groups excluding carboxylic acids is 1. The summed E-state index contributed by atoms with van der Waals surface area (Å²) >= 11 is 0. The fraction of sp³-hybridized carbons (Fsp3) is 0.368. The smallest absolute Gasteiger partial charge is 0.325 e. The van der Waals surface area contributed by atoms with Gasteiger partial charge in [0.1, 0.15) is 5.69 Å². The maximum atomic E-state index is 13.1. The molecule has 0 saturated heterocycles. The van der Waals surface area contributed by atoms with Crippen molar-refractivity contribution in [1.29, 1.82) is 0 Å². The van der Waals surface area contributed by atoms with Gasteiger partial charge in [-0.05, 0) is 50.5 Å². The predicted octanol–water partition coefficient (Wildman–Crippen LogP) is 5.59. The second-order valence-corrected chi connectivity index (χ2v) is 7.04. The van der Waals surface area contributed by atoms with Crippen LogP contribution in [0.1, 0.15) is 37.6 Å². The molecule has 1 amide bonds. The molecule has 1 unspecified atom stereocenters. The molecule has 29 heavy (non-hydrogen) atoms. The summed E-state index contributed by atoms with van der Waals surface area (Å²) in [6, 6.07) is 4.93. The molecular formula is C19H17F6N3O. The number of anilines is 1. The molecule has 1 aliphatic carbocycles. The molecule has 1 aromatic heterocycles. The van der Waals surface area contributed by atoms with E-state index in [1.165, 1.54) is 12.1 Å². The Morgan fingerprint density at radius 1 is 1.10 bits per heavy atom. The van der Waals surface area contributed by atoms with Crippen LogP contribution in [0, 0.1) is 5.41 Å². The minimum absolute atomic E-state index is 0.0358. The highest BCUT2D eigenvalue weighted by molar-refractivity contribution is 5.96. The van der Waals surface area contributed by atoms with Crippen LogP contribution in [0.5, 0.6) is 0 Å². The van der Waals surface area contributed by atoms with Gasteiger partial charge in [0.25, 0.3) is 0 Å². The number of alkyl halides is 6. The summed E-state index contributed by atoms with van der Waals surface area (Å²) in [5.41, 5.74) is -3.77. The van der Waals surface area contributed by atoms with E-state index in [2.05, 4.69) is 10.4 Å². The van der Waals surface area contributed by atoms with Gasteiger partial charge in [0, 0.05) is 11.8 Å². The molecule has 0 saturated carbocycles. The van der Waals surface area contributed by atoms with Crippen molar-refractivity contribution in [2.24, 2.45) is 5.41 Å². The largest absolute Gasteiger partial charge is 0.435 e. The van der Waals surface area contributed by atoms with Gasteiger partial charge in [0.15, 0.2) is 5.69 Å². The van der Waals surface area contributed by atoms with Gasteiger partial charge in [-0.25, -0.2) is 4.68 Å². The zero-order chi connectivity index (χ0) is 21.4. The number of aromatic nitrogens is 2. The molecule has 1 N–H and O–H groups in total. The average Bonchev–Trinajstić information content (AvgIpc) is 3.09. The van der Waals surface area contributed by atoms with E-state index in [-0.39, 0.29) is 22.3 Å². The number of amides is 1. The maximum absolute atomic E-state index is 13.1. The summed E-state index contributed by atoms with van der Waals surface area (Å²) in [6.07, 6.45) is -3.88. The van der Waals surface area contributed by atoms with Crippen LogP contribution in [-0.4, -0.2) is 15.7 Å². The fourth-order valence-electron chi connectivity index (χ4n) is 3.08. The Morgan fingerprint density at radius 2 is 1.76 bits per heavy atom. The van der Waals surface area contributed by atoms with Crippen LogP contribution in [0.25, 0.3) is 5.69 Å². The molecule has 0 radical (unpaired) electrons. The summed E-state index contributed by atoms with van der Waals surface area (Å²) in [7, 11) is 0. The molecule has 1 aromatic carbocycles. The van der Waals surface area contributed by atoms with Gasteiger partial charge in [-0.3, -0.25) is 4.79 Å². The van der Waals surface area contributed by atoms with Crippen LogP contribution in [0.3, 0.4) is 0 Å². The standard InChI is InChI=1S/C19H17F6N3O/c1-17(9-3-2-4-10-17)16(29)26-12-5-7-13(8-6-12)28-15(19(23,24)25)11-14(27-28)18(20,21)22/h3,5-9,11H,2,4,10H2,1H3,(H,26,29). The highest BCUT2D eigenvalue weighted by atomic mass is 19.4. The van der Waals surface area contributed by atoms with Crippen LogP contribution in [-0.2, 0) is 17.1 Å². The number of allylic oxidation sites excluding steroid dienone is 1. The monoisotopic (exact) mass is 417 g/mol. The van der Waals surface area contributed by atoms with Crippen molar-refractivity contribution in [3.05, 3.63) is 53.9 Å². The minimum Gasteiger partial charge on any atom is -0.325 e. The molecule has 4 nitrogen and oxygen atoms in total. The van der Waals surface area contributed by atoms with Gasteiger partial charge in [0.05, 0.1) is 11.1 Å². The maximum Gasteiger partial charge on any atom is 0.435 e. The summed E-state index contributed by atoms with van der Waals surface area (Å²) in [5.74, 6) is -0.268. The zero-order valence-corrected chi connectivity index (χ0v) is 15.2. The number of benzene rings is 1. The summed E-state index contributed by atoms with van der Waals surface area (Å²) in [5, 5.41) is 5.75. The molecular weight excluding hydrogens is 400 g/mol. The second-order valence-electron chi connectivity index (χ2n) is 7.04. The third kappa shape index (κ3) is 4.46. The van der Waals surface area contributed by atoms with E-state index in [1.54, 1.807) is 6.92 Å². The Labute approximate surface area is 162 Å². The van der Waals surface area contributed by atoms with E-state index in [1.807, 2.05) is 12.2 Å². The average molecular weight is 417 g/mol. The number of nitrogens with one attached hydrogen (secondary N) is 1. The molecule has 0 aliphatic heterocycles. The Bertz CT molecular complexity index is 927. The van der Waals surface area contributed by atoms with Gasteiger partial charge >= 0.3 is 12.4 Å². The van der Waals surface area contributed by atoms with Gasteiger partial charge in [-0.2, -0.15) is 31.4 Å². The first kappa shape index (κ1) is 20.9. The SMILES string of the molecule is CC1(C(=O)Nc2ccc(-n3nc(C(F)(F)F)cc3C(F)(F)F)cc2)C=CCCC1. The minimum atomic E-state index is -5.02. The third-order valence-corrected chi connectivity index (χ3v) is 4.73. The highest BCUT2D eigenvalue weighted by Crippen LogP contribution is 2.37. The van der Waals surface area contributed by atoms with Gasteiger partial charge in [-0.1, -0.05) is 12.2 Å². The lowest BCUT2D eigenvalue weighted by molar-refractivity contribution is -0.143. The molecule has 3 rings (SSSR count). The van der Waals surface area contributed by atoms with Crippen LogP contribution in [0.4, 0.5) is 32.0 Å². The normalized spacial score (nSPS) is 20.0. The molecule has 2 aromatic rings. The van der Waals surface area contributed by atoms with Crippen molar-refractivity contribution in [3.63, 3.8) is 0 Å². The number of hydrogen-bond acceptors (Lipinski definition) is 2. The summed E-state index contributed by atoms with van der Waals surface area (Å²) in [4.78, 5) is 12.5. The molecule has 1 heterocycles. The predicted molar refractivity (Wildman–Crippen MR) is 93.3 cm³/mol. The van der Waals surface area contributed by atoms with Crippen molar-refractivity contribution in [3.8, 4) is 5.69 Å². The third-order valence-electron chi connectivity index (χ3n) is 4.73. The van der Waals surface area contributed by atoms with E-state index in [9.17, 15) is 31.1 Å². The zero-order valence-electron chi connectivity index (χ0n) is 15.2. The molecule has 0 bridgehead atoms. The van der Waals surface area contributed by atoms with E-state index >= 15 is 0 Å². The number of carbonyl (C=O) groups is 1. The van der Waals surface area contributed by atoms with Gasteiger partial charge in [0.2, 0.25) is 5.91 Å². The molecule has 0 fully saturated rings. The van der Waals surface area contributed by atoms with Crippen molar-refractivity contribution >= 4 is 11.6 Å². The highest BCUT2D eigenvalue weighted by Gasteiger charge is 2.42. The van der Waals surface area contributed by atoms with Crippen LogP contribution in [0.15, 0.2) is 42.5 Å². The van der Waals surface area contributed by atoms with Gasteiger partial charge in [-0.15, -0.1) is 0 Å². The molecule has 1 aliphatic rings. The van der Waals surface area contributed by atoms with Crippen LogP contribution < -0.4 is 5.32 Å². The number of hydrogen-bond donors (Lipinski definition) is 1. The Balaban J connectivity index is 1.87. The Hall–Kier alpha value is -2.78. The van der Waals surface area contributed by atoms with E-state index in [0.717, 1.165) is 25.0 Å². The fourth-order valence-corrected chi connectivity index (χ4v) is 3.08. The molecule has 1 atom stereocenters. The van der Waals surface area contributed by atoms with E-state index < -0.39 is 29.2 Å². The summed E-state index contributed by atoms with van der Waals surface area (Å²) < 4.78 is 78.1. The Morgan fingerprint density at radius 3 is 2.28 bits per heavy atom. The van der Waals surface area contributed by atoms with Crippen molar-refractivity contribution in [2.75, 3.05) is 5.32 Å². The van der Waals surface area contributed by atoms with Crippen LogP contribution >= 0.6 is 0 Å². The first-order valence-corrected chi connectivity index (χ1v) is 8.74. The topological polar surface area (TPSA) is 46.9 Å². The number of halogens is 6. The lowest BCUT2D eigenvalue weighted by atomic mass is 9.80. The number of nitrogens with zero attached hydrogens (tertiary/aromatic N) is 2. The molecule has 10 heteroatoms. The summed E-state index contributed by atoms with van der Waals surface area (Å²) in [6.45, 7) is 1.78. The van der Waals surface area contributed by atoms with E-state index in [0.29, 0.717) is 12.1 Å². The lowest BCUT2D eigenvalue weighted by Gasteiger charge is -2.27. The first-order chi connectivity index (χ1) is 13.4. The van der Waals surface area contributed by atoms with Crippen LogP contribution in [0.2, 0.25) is 0 Å². The van der Waals surface area contributed by atoms with Gasteiger partial charge < -0.3 is 5.32 Å². The lowest BCUT2D eigenvalue weighted by Crippen LogP contribution is -2.32. The second kappa shape index (κ2) is 7.23. The van der Waals surface area contributed by atoms with Crippen molar-refractivity contribution < 1.29 is 31.1 Å². The quantitative estimate of drug-likeness (QED) is 0.522. The number of rotatable bonds is 3. The van der Waals surface area contributed by atoms with Crippen molar-refractivity contribution in [2.45, 2.75) is 38.5 Å². The first-order valence-electron chi connectivity index (χ1n) is 8.74. The van der Waals surface area contributed by atoms with Crippen molar-refractivity contribution in [1.82, 2.24) is 9.78 Å². The van der Waals surface area contributed by atoms with E-state index in [4.69, 9.17) is 0 Å². The molecule has 156 valence electrons.